The molecule has 0 radical (unpaired) electrons. The third-order valence-corrected chi connectivity index (χ3v) is 4.78. The summed E-state index contributed by atoms with van der Waals surface area (Å²) in [5.74, 6) is -0.254. The summed E-state index contributed by atoms with van der Waals surface area (Å²) < 4.78 is 12.2. The van der Waals surface area contributed by atoms with Gasteiger partial charge in [-0.1, -0.05) is 26.0 Å². The van der Waals surface area contributed by atoms with Gasteiger partial charge in [-0.2, -0.15) is 5.10 Å². The average molecular weight is 411 g/mol. The van der Waals surface area contributed by atoms with Crippen LogP contribution >= 0.6 is 0 Å². The van der Waals surface area contributed by atoms with Crippen molar-refractivity contribution in [1.82, 2.24) is 14.8 Å². The van der Waals surface area contributed by atoms with Crippen molar-refractivity contribution in [2.24, 2.45) is 0 Å². The van der Waals surface area contributed by atoms with Gasteiger partial charge in [0.05, 0.1) is 23.4 Å². The average Bonchev–Trinajstić information content (AvgIpc) is 3.11. The molecule has 0 aliphatic heterocycles. The lowest BCUT2D eigenvalue weighted by Gasteiger charge is -2.12. The molecule has 0 aliphatic carbocycles. The van der Waals surface area contributed by atoms with Crippen molar-refractivity contribution in [2.75, 3.05) is 32.2 Å². The fourth-order valence-corrected chi connectivity index (χ4v) is 3.37. The summed E-state index contributed by atoms with van der Waals surface area (Å²) in [6.45, 7) is 9.71. The van der Waals surface area contributed by atoms with Gasteiger partial charge in [0.1, 0.15) is 0 Å². The molecule has 3 rings (SSSR count). The van der Waals surface area contributed by atoms with Crippen LogP contribution in [0, 0.1) is 6.92 Å². The Kier molecular flexibility index (Phi) is 7.05. The molecule has 0 unspecified atom stereocenters. The number of esters is 1. The van der Waals surface area contributed by atoms with Gasteiger partial charge in [0.15, 0.2) is 11.3 Å². The lowest BCUT2D eigenvalue weighted by Crippen LogP contribution is -2.11. The van der Waals surface area contributed by atoms with Gasteiger partial charge in [0.25, 0.3) is 0 Å². The van der Waals surface area contributed by atoms with Crippen LogP contribution in [0.15, 0.2) is 30.3 Å². The Morgan fingerprint density at radius 2 is 2.07 bits per heavy atom. The number of benzene rings is 1. The summed E-state index contributed by atoms with van der Waals surface area (Å²) >= 11 is 0. The van der Waals surface area contributed by atoms with E-state index in [0.29, 0.717) is 25.4 Å². The largest absolute Gasteiger partial charge is 0.461 e. The minimum absolute atomic E-state index is 0.188. The molecule has 2 aromatic heterocycles. The molecule has 0 fully saturated rings. The second kappa shape index (κ2) is 9.71. The van der Waals surface area contributed by atoms with Gasteiger partial charge < -0.3 is 14.8 Å². The summed E-state index contributed by atoms with van der Waals surface area (Å²) in [7, 11) is 1.69. The first-order chi connectivity index (χ1) is 14.5. The van der Waals surface area contributed by atoms with Crippen molar-refractivity contribution in [3.05, 3.63) is 47.3 Å². The maximum Gasteiger partial charge on any atom is 0.357 e. The van der Waals surface area contributed by atoms with Gasteiger partial charge in [0, 0.05) is 25.9 Å². The highest BCUT2D eigenvalue weighted by Gasteiger charge is 2.22. The first kappa shape index (κ1) is 21.8. The topological polar surface area (TPSA) is 78.3 Å². The summed E-state index contributed by atoms with van der Waals surface area (Å²) in [5, 5.41) is 9.27. The number of ether oxygens (including phenoxy) is 2. The fourth-order valence-electron chi connectivity index (χ4n) is 3.37. The van der Waals surface area contributed by atoms with E-state index in [2.05, 4.69) is 30.2 Å². The molecular formula is C23H30N4O3. The highest BCUT2D eigenvalue weighted by molar-refractivity contribution is 5.98. The lowest BCUT2D eigenvalue weighted by molar-refractivity contribution is 0.0520. The van der Waals surface area contributed by atoms with Gasteiger partial charge in [-0.15, -0.1) is 0 Å². The van der Waals surface area contributed by atoms with Crippen molar-refractivity contribution >= 4 is 22.7 Å². The Morgan fingerprint density at radius 1 is 1.27 bits per heavy atom. The van der Waals surface area contributed by atoms with Crippen LogP contribution in [0.2, 0.25) is 0 Å². The van der Waals surface area contributed by atoms with Gasteiger partial charge in [-0.25, -0.2) is 14.5 Å². The molecule has 0 spiro atoms. The number of fused-ring (bicyclic) bond motifs is 1. The number of anilines is 1. The van der Waals surface area contributed by atoms with E-state index in [0.717, 1.165) is 34.4 Å². The zero-order valence-corrected chi connectivity index (χ0v) is 18.4. The van der Waals surface area contributed by atoms with E-state index < -0.39 is 5.97 Å². The number of hydrogen-bond donors (Lipinski definition) is 1. The van der Waals surface area contributed by atoms with Crippen molar-refractivity contribution in [3.63, 3.8) is 0 Å². The monoisotopic (exact) mass is 410 g/mol. The predicted octanol–water partition coefficient (Wildman–Crippen LogP) is 4.48. The first-order valence-corrected chi connectivity index (χ1v) is 10.4. The standard InChI is InChI=1S/C23H30N4O3/c1-6-30-23(28)19-14-18(24-11-8-12-29-5)20-21(15(2)3)26-27(22(20)25-19)17-10-7-9-16(4)13-17/h7,9-10,13-15H,6,8,11-12H2,1-5H3,(H,24,25). The van der Waals surface area contributed by atoms with Crippen molar-refractivity contribution in [1.29, 1.82) is 0 Å². The van der Waals surface area contributed by atoms with Crippen LogP contribution < -0.4 is 5.32 Å². The lowest BCUT2D eigenvalue weighted by atomic mass is 10.1. The number of rotatable bonds is 9. The van der Waals surface area contributed by atoms with Crippen molar-refractivity contribution < 1.29 is 14.3 Å². The molecule has 30 heavy (non-hydrogen) atoms. The van der Waals surface area contributed by atoms with Gasteiger partial charge in [-0.05, 0) is 49.9 Å². The molecule has 0 saturated heterocycles. The molecule has 0 bridgehead atoms. The molecule has 7 nitrogen and oxygen atoms in total. The number of carbonyl (C=O) groups is 1. The van der Waals surface area contributed by atoms with E-state index in [1.54, 1.807) is 20.1 Å². The van der Waals surface area contributed by atoms with Crippen molar-refractivity contribution in [2.45, 2.75) is 40.0 Å². The number of aromatic nitrogens is 3. The molecule has 0 atom stereocenters. The molecule has 0 amide bonds. The molecule has 7 heteroatoms. The van der Waals surface area contributed by atoms with Crippen LogP contribution in [0.1, 0.15) is 54.9 Å². The second-order valence-electron chi connectivity index (χ2n) is 7.54. The number of aryl methyl sites for hydroxylation is 1. The van der Waals surface area contributed by atoms with E-state index >= 15 is 0 Å². The summed E-state index contributed by atoms with van der Waals surface area (Å²) in [6, 6.07) is 9.85. The van der Waals surface area contributed by atoms with Crippen LogP contribution in [0.4, 0.5) is 5.69 Å². The van der Waals surface area contributed by atoms with Crippen molar-refractivity contribution in [3.8, 4) is 5.69 Å². The van der Waals surface area contributed by atoms with Gasteiger partial charge >= 0.3 is 5.97 Å². The fraction of sp³-hybridized carbons (Fsp3) is 0.435. The maximum absolute atomic E-state index is 12.5. The van der Waals surface area contributed by atoms with Crippen LogP contribution in [0.3, 0.4) is 0 Å². The minimum atomic E-state index is -0.442. The SMILES string of the molecule is CCOC(=O)c1cc(NCCCOC)c2c(C(C)C)nn(-c3cccc(C)c3)c2n1. The summed E-state index contributed by atoms with van der Waals surface area (Å²) in [5.41, 5.74) is 4.71. The van der Waals surface area contributed by atoms with E-state index in [9.17, 15) is 4.79 Å². The van der Waals surface area contributed by atoms with Gasteiger partial charge in [0.2, 0.25) is 0 Å². The number of nitrogens with one attached hydrogen (secondary N) is 1. The van der Waals surface area contributed by atoms with Crippen LogP contribution in [-0.4, -0.2) is 47.6 Å². The number of nitrogens with zero attached hydrogens (tertiary/aromatic N) is 3. The Morgan fingerprint density at radius 3 is 2.73 bits per heavy atom. The Bertz CT molecular complexity index is 1030. The Balaban J connectivity index is 2.21. The second-order valence-corrected chi connectivity index (χ2v) is 7.54. The molecule has 2 heterocycles. The predicted molar refractivity (Wildman–Crippen MR) is 119 cm³/mol. The minimum Gasteiger partial charge on any atom is -0.461 e. The normalized spacial score (nSPS) is 11.3. The number of pyridine rings is 1. The molecule has 1 aromatic carbocycles. The van der Waals surface area contributed by atoms with Gasteiger partial charge in [-0.3, -0.25) is 0 Å². The number of hydrogen-bond acceptors (Lipinski definition) is 6. The zero-order valence-electron chi connectivity index (χ0n) is 18.4. The van der Waals surface area contributed by atoms with Crippen LogP contribution in [0.5, 0.6) is 0 Å². The Hall–Kier alpha value is -2.93. The van der Waals surface area contributed by atoms with Crippen LogP contribution in [-0.2, 0) is 9.47 Å². The number of carbonyl (C=O) groups excluding carboxylic acids is 1. The quantitative estimate of drug-likeness (QED) is 0.414. The highest BCUT2D eigenvalue weighted by atomic mass is 16.5. The third kappa shape index (κ3) is 4.62. The molecule has 0 aliphatic rings. The molecular weight excluding hydrogens is 380 g/mol. The first-order valence-electron chi connectivity index (χ1n) is 10.4. The van der Waals surface area contributed by atoms with E-state index in [-0.39, 0.29) is 11.6 Å². The highest BCUT2D eigenvalue weighted by Crippen LogP contribution is 2.33. The molecule has 3 aromatic rings. The smallest absolute Gasteiger partial charge is 0.357 e. The maximum atomic E-state index is 12.5. The van der Waals surface area contributed by atoms with Crippen LogP contribution in [0.25, 0.3) is 16.7 Å². The Labute approximate surface area is 177 Å². The van der Waals surface area contributed by atoms with E-state index in [1.807, 2.05) is 29.8 Å². The molecule has 0 saturated carbocycles. The molecule has 1 N–H and O–H groups in total. The zero-order chi connectivity index (χ0) is 21.7. The number of methoxy groups -OCH3 is 1. The summed E-state index contributed by atoms with van der Waals surface area (Å²) in [6.07, 6.45) is 0.845. The molecule has 160 valence electrons. The van der Waals surface area contributed by atoms with E-state index in [1.165, 1.54) is 0 Å². The van der Waals surface area contributed by atoms with E-state index in [4.69, 9.17) is 14.6 Å². The third-order valence-electron chi connectivity index (χ3n) is 4.78. The summed E-state index contributed by atoms with van der Waals surface area (Å²) in [4.78, 5) is 17.2.